The first-order chi connectivity index (χ1) is 15.0. The lowest BCUT2D eigenvalue weighted by molar-refractivity contribution is -0.140. The predicted octanol–water partition coefficient (Wildman–Crippen LogP) is 3.73. The van der Waals surface area contributed by atoms with Crippen molar-refractivity contribution in [2.24, 2.45) is 0 Å². The van der Waals surface area contributed by atoms with Gasteiger partial charge in [0.15, 0.2) is 0 Å². The van der Waals surface area contributed by atoms with Crippen LogP contribution in [0.15, 0.2) is 46.9 Å². The minimum absolute atomic E-state index is 0.0708. The monoisotopic (exact) mass is 543 g/mol. The van der Waals surface area contributed by atoms with Gasteiger partial charge in [-0.25, -0.2) is 8.42 Å². The van der Waals surface area contributed by atoms with Crippen LogP contribution in [0.1, 0.15) is 24.5 Å². The fourth-order valence-electron chi connectivity index (χ4n) is 3.29. The summed E-state index contributed by atoms with van der Waals surface area (Å²) in [6.07, 6.45) is 1.40. The van der Waals surface area contributed by atoms with Gasteiger partial charge in [-0.2, -0.15) is 0 Å². The number of sulfonamides is 1. The van der Waals surface area contributed by atoms with Crippen LogP contribution in [0, 0.1) is 6.92 Å². The van der Waals surface area contributed by atoms with Crippen LogP contribution >= 0.6 is 27.5 Å². The Balaban J connectivity index is 2.46. The largest absolute Gasteiger partial charge is 0.357 e. The Morgan fingerprint density at radius 2 is 1.84 bits per heavy atom. The molecule has 2 amide bonds. The maximum Gasteiger partial charge on any atom is 0.244 e. The summed E-state index contributed by atoms with van der Waals surface area (Å²) in [5.74, 6) is -0.843. The first kappa shape index (κ1) is 26.2. The average Bonchev–Trinajstić information content (AvgIpc) is 2.74. The molecule has 10 heteroatoms. The normalized spacial score (nSPS) is 12.2. The molecule has 0 aromatic heterocycles. The first-order valence-corrected chi connectivity index (χ1v) is 13.0. The van der Waals surface area contributed by atoms with E-state index in [9.17, 15) is 18.0 Å². The second kappa shape index (κ2) is 11.2. The summed E-state index contributed by atoms with van der Waals surface area (Å²) in [6.45, 7) is 3.25. The number of hydrogen-bond donors (Lipinski definition) is 1. The number of nitrogens with zero attached hydrogens (tertiary/aromatic N) is 2. The van der Waals surface area contributed by atoms with Crippen LogP contribution in [0.4, 0.5) is 5.69 Å². The maximum atomic E-state index is 13.4. The van der Waals surface area contributed by atoms with Crippen molar-refractivity contribution in [2.45, 2.75) is 32.9 Å². The highest BCUT2D eigenvalue weighted by molar-refractivity contribution is 9.10. The van der Waals surface area contributed by atoms with E-state index in [1.807, 2.05) is 6.92 Å². The Morgan fingerprint density at radius 1 is 1.19 bits per heavy atom. The number of rotatable bonds is 9. The molecule has 7 nitrogen and oxygen atoms in total. The van der Waals surface area contributed by atoms with Gasteiger partial charge in [0.1, 0.15) is 12.6 Å². The molecule has 1 N–H and O–H groups in total. The van der Waals surface area contributed by atoms with Gasteiger partial charge in [-0.3, -0.25) is 13.9 Å². The molecule has 0 aliphatic rings. The smallest absolute Gasteiger partial charge is 0.244 e. The number of likely N-dealkylation sites (N-methyl/N-ethyl adjacent to an activating group) is 1. The van der Waals surface area contributed by atoms with Gasteiger partial charge in [0.05, 0.1) is 11.9 Å². The molecule has 1 atom stereocenters. The van der Waals surface area contributed by atoms with Crippen LogP contribution in [-0.4, -0.2) is 51.0 Å². The number of halogens is 2. The van der Waals surface area contributed by atoms with E-state index in [0.29, 0.717) is 22.7 Å². The van der Waals surface area contributed by atoms with E-state index in [1.54, 1.807) is 49.4 Å². The third kappa shape index (κ3) is 6.46. The fraction of sp³-hybridized carbons (Fsp3) is 0.364. The molecule has 0 aliphatic heterocycles. The van der Waals surface area contributed by atoms with Crippen LogP contribution in [0.3, 0.4) is 0 Å². The molecular weight excluding hydrogens is 518 g/mol. The van der Waals surface area contributed by atoms with E-state index in [1.165, 1.54) is 11.9 Å². The number of hydrogen-bond acceptors (Lipinski definition) is 4. The summed E-state index contributed by atoms with van der Waals surface area (Å²) in [6, 6.07) is 11.3. The zero-order valence-corrected chi connectivity index (χ0v) is 21.6. The SMILES string of the molecule is CC[C@H](C(=O)NC)N(Cc1ccccc1Cl)C(=O)CN(c1ccc(Br)c(C)c1)S(C)(=O)=O. The summed E-state index contributed by atoms with van der Waals surface area (Å²) in [4.78, 5) is 27.4. The molecule has 0 bridgehead atoms. The van der Waals surface area contributed by atoms with Crippen molar-refractivity contribution < 1.29 is 18.0 Å². The van der Waals surface area contributed by atoms with Gasteiger partial charge in [0.2, 0.25) is 21.8 Å². The number of amides is 2. The minimum atomic E-state index is -3.77. The van der Waals surface area contributed by atoms with Crippen LogP contribution in [0.5, 0.6) is 0 Å². The van der Waals surface area contributed by atoms with E-state index >= 15 is 0 Å². The van der Waals surface area contributed by atoms with Crippen LogP contribution in [0.25, 0.3) is 0 Å². The summed E-state index contributed by atoms with van der Waals surface area (Å²) < 4.78 is 27.0. The maximum absolute atomic E-state index is 13.4. The highest BCUT2D eigenvalue weighted by Gasteiger charge is 2.31. The van der Waals surface area contributed by atoms with Gasteiger partial charge in [-0.15, -0.1) is 0 Å². The van der Waals surface area contributed by atoms with Crippen LogP contribution in [0.2, 0.25) is 5.02 Å². The van der Waals surface area contributed by atoms with Gasteiger partial charge in [0.25, 0.3) is 0 Å². The third-order valence-corrected chi connectivity index (χ3v) is 7.44. The molecule has 0 heterocycles. The number of aryl methyl sites for hydroxylation is 1. The Hall–Kier alpha value is -2.10. The lowest BCUT2D eigenvalue weighted by atomic mass is 10.1. The summed E-state index contributed by atoms with van der Waals surface area (Å²) in [5, 5.41) is 3.04. The topological polar surface area (TPSA) is 86.8 Å². The standard InChI is InChI=1S/C22H27BrClN3O4S/c1-5-20(22(29)25-3)26(13-16-8-6-7-9-19(16)24)21(28)14-27(32(4,30)31)17-10-11-18(23)15(2)12-17/h6-12,20H,5,13-14H2,1-4H3,(H,25,29)/t20-/m1/s1. The summed E-state index contributed by atoms with van der Waals surface area (Å²) >= 11 is 9.69. The molecule has 0 unspecified atom stereocenters. The van der Waals surface area contributed by atoms with Gasteiger partial charge >= 0.3 is 0 Å². The van der Waals surface area contributed by atoms with Gasteiger partial charge in [0, 0.05) is 23.1 Å². The van der Waals surface area contributed by atoms with E-state index in [2.05, 4.69) is 21.2 Å². The Morgan fingerprint density at radius 3 is 2.38 bits per heavy atom. The van der Waals surface area contributed by atoms with Crippen molar-refractivity contribution in [1.29, 1.82) is 0 Å². The number of anilines is 1. The fourth-order valence-corrected chi connectivity index (χ4v) is 4.58. The van der Waals surface area contributed by atoms with Gasteiger partial charge in [-0.05, 0) is 48.7 Å². The number of carbonyl (C=O) groups excluding carboxylic acids is 2. The Kier molecular flexibility index (Phi) is 9.12. The van der Waals surface area contributed by atoms with Crippen molar-refractivity contribution in [3.8, 4) is 0 Å². The van der Waals surface area contributed by atoms with Crippen molar-refractivity contribution in [1.82, 2.24) is 10.2 Å². The Labute approximate surface area is 202 Å². The number of benzene rings is 2. The second-order valence-electron chi connectivity index (χ2n) is 7.35. The molecule has 32 heavy (non-hydrogen) atoms. The van der Waals surface area contributed by atoms with Crippen LogP contribution in [-0.2, 0) is 26.2 Å². The molecule has 0 radical (unpaired) electrons. The molecule has 2 aromatic carbocycles. The van der Waals surface area contributed by atoms with Gasteiger partial charge in [-0.1, -0.05) is 52.7 Å². The molecular formula is C22H27BrClN3O4S. The molecule has 2 aromatic rings. The molecule has 0 fully saturated rings. The van der Waals surface area contributed by atoms with E-state index in [0.717, 1.165) is 20.6 Å². The van der Waals surface area contributed by atoms with E-state index in [4.69, 9.17) is 11.6 Å². The number of carbonyl (C=O) groups is 2. The van der Waals surface area contributed by atoms with E-state index < -0.39 is 28.5 Å². The third-order valence-electron chi connectivity index (χ3n) is 5.04. The van der Waals surface area contributed by atoms with Crippen molar-refractivity contribution in [2.75, 3.05) is 24.2 Å². The van der Waals surface area contributed by atoms with Crippen LogP contribution < -0.4 is 9.62 Å². The highest BCUT2D eigenvalue weighted by atomic mass is 79.9. The molecule has 2 rings (SSSR count). The summed E-state index contributed by atoms with van der Waals surface area (Å²) in [5.41, 5.74) is 1.86. The molecule has 174 valence electrons. The zero-order valence-electron chi connectivity index (χ0n) is 18.4. The lowest BCUT2D eigenvalue weighted by Gasteiger charge is -2.32. The first-order valence-electron chi connectivity index (χ1n) is 9.97. The van der Waals surface area contributed by atoms with Crippen molar-refractivity contribution in [3.63, 3.8) is 0 Å². The Bertz CT molecular complexity index is 1090. The molecule has 0 saturated carbocycles. The molecule has 0 aliphatic carbocycles. The second-order valence-corrected chi connectivity index (χ2v) is 10.5. The number of nitrogens with one attached hydrogen (secondary N) is 1. The molecule has 0 spiro atoms. The highest BCUT2D eigenvalue weighted by Crippen LogP contribution is 2.26. The van der Waals surface area contributed by atoms with E-state index in [-0.39, 0.29) is 12.5 Å². The lowest BCUT2D eigenvalue weighted by Crippen LogP contribution is -2.51. The van der Waals surface area contributed by atoms with Crippen molar-refractivity contribution >= 4 is 55.1 Å². The zero-order chi connectivity index (χ0) is 24.1. The minimum Gasteiger partial charge on any atom is -0.357 e. The van der Waals surface area contributed by atoms with Crippen molar-refractivity contribution in [3.05, 3.63) is 63.1 Å². The van der Waals surface area contributed by atoms with Gasteiger partial charge < -0.3 is 10.2 Å². The average molecular weight is 545 g/mol. The predicted molar refractivity (Wildman–Crippen MR) is 131 cm³/mol. The summed E-state index contributed by atoms with van der Waals surface area (Å²) in [7, 11) is -2.27. The molecule has 0 saturated heterocycles. The quantitative estimate of drug-likeness (QED) is 0.521.